The van der Waals surface area contributed by atoms with Gasteiger partial charge in [0.15, 0.2) is 0 Å². The van der Waals surface area contributed by atoms with Crippen molar-refractivity contribution in [2.24, 2.45) is 0 Å². The molecule has 0 aliphatic heterocycles. The molecule has 2 aromatic carbocycles. The summed E-state index contributed by atoms with van der Waals surface area (Å²) in [6, 6.07) is 12.4. The Balaban J connectivity index is 2.20. The molecule has 0 radical (unpaired) electrons. The summed E-state index contributed by atoms with van der Waals surface area (Å²) in [5, 5.41) is 3.08. The fourth-order valence-electron chi connectivity index (χ4n) is 1.78. The molecule has 0 heterocycles. The Morgan fingerprint density at radius 3 is 2.30 bits per heavy atom. The monoisotopic (exact) mass is 354 g/mol. The van der Waals surface area contributed by atoms with Crippen molar-refractivity contribution in [1.29, 1.82) is 0 Å². The highest BCUT2D eigenvalue weighted by atomic mass is 35.5. The Labute approximate surface area is 139 Å². The van der Waals surface area contributed by atoms with E-state index in [9.17, 15) is 13.2 Å². The van der Waals surface area contributed by atoms with Gasteiger partial charge in [0.25, 0.3) is 15.9 Å². The molecule has 1 N–H and O–H groups in total. The topological polar surface area (TPSA) is 75.7 Å². The van der Waals surface area contributed by atoms with Crippen molar-refractivity contribution < 1.29 is 18.0 Å². The highest BCUT2D eigenvalue weighted by molar-refractivity contribution is 7.89. The van der Waals surface area contributed by atoms with Crippen molar-refractivity contribution in [3.05, 3.63) is 59.1 Å². The number of hydrogen-bond donors (Lipinski definition) is 1. The van der Waals surface area contributed by atoms with E-state index in [-0.39, 0.29) is 10.8 Å². The minimum atomic E-state index is -3.74. The molecule has 0 bridgehead atoms. The van der Waals surface area contributed by atoms with Crippen molar-refractivity contribution in [2.45, 2.75) is 4.90 Å². The van der Waals surface area contributed by atoms with Gasteiger partial charge in [0.2, 0.25) is 0 Å². The zero-order chi connectivity index (χ0) is 17.0. The average Bonchev–Trinajstić information content (AvgIpc) is 2.56. The maximum atomic E-state index is 12.2. The zero-order valence-electron chi connectivity index (χ0n) is 12.5. The molecule has 0 unspecified atom stereocenters. The summed E-state index contributed by atoms with van der Waals surface area (Å²) in [5.41, 5.74) is 0.791. The number of anilines is 1. The molecule has 0 spiro atoms. The number of nitrogens with one attached hydrogen (secondary N) is 1. The van der Waals surface area contributed by atoms with E-state index in [1.807, 2.05) is 0 Å². The second-order valence-corrected chi connectivity index (χ2v) is 6.90. The van der Waals surface area contributed by atoms with E-state index >= 15 is 0 Å². The molecule has 0 aliphatic rings. The van der Waals surface area contributed by atoms with Crippen molar-refractivity contribution in [1.82, 2.24) is 4.47 Å². The van der Waals surface area contributed by atoms with E-state index < -0.39 is 10.0 Å². The second kappa shape index (κ2) is 7.10. The maximum absolute atomic E-state index is 12.2. The third kappa shape index (κ3) is 3.89. The number of nitrogens with zero attached hydrogens (tertiary/aromatic N) is 1. The first-order chi connectivity index (χ1) is 10.9. The molecular weight excluding hydrogens is 340 g/mol. The fourth-order valence-corrected chi connectivity index (χ4v) is 2.94. The Kier molecular flexibility index (Phi) is 5.38. The molecule has 6 nitrogen and oxygen atoms in total. The van der Waals surface area contributed by atoms with Crippen molar-refractivity contribution in [3.63, 3.8) is 0 Å². The third-order valence-corrected chi connectivity index (χ3v) is 5.16. The van der Waals surface area contributed by atoms with Gasteiger partial charge in [-0.15, -0.1) is 0 Å². The van der Waals surface area contributed by atoms with Gasteiger partial charge in [0.1, 0.15) is 0 Å². The Bertz CT molecular complexity index is 806. The first kappa shape index (κ1) is 17.4. The van der Waals surface area contributed by atoms with Gasteiger partial charge in [0.05, 0.1) is 22.7 Å². The van der Waals surface area contributed by atoms with Crippen LogP contribution in [0, 0.1) is 0 Å². The van der Waals surface area contributed by atoms with Gasteiger partial charge in [-0.05, 0) is 36.4 Å². The minimum Gasteiger partial charge on any atom is -0.321 e. The van der Waals surface area contributed by atoms with Crippen LogP contribution in [0.1, 0.15) is 10.4 Å². The number of sulfonamides is 1. The molecule has 0 aromatic heterocycles. The summed E-state index contributed by atoms with van der Waals surface area (Å²) < 4.78 is 24.9. The number of hydroxylamine groups is 1. The van der Waals surface area contributed by atoms with E-state index in [4.69, 9.17) is 16.4 Å². The number of amides is 1. The lowest BCUT2D eigenvalue weighted by Gasteiger charge is -2.14. The normalized spacial score (nSPS) is 11.5. The predicted molar refractivity (Wildman–Crippen MR) is 87.8 cm³/mol. The summed E-state index contributed by atoms with van der Waals surface area (Å²) in [7, 11) is -1.20. The van der Waals surface area contributed by atoms with Gasteiger partial charge in [-0.1, -0.05) is 28.2 Å². The van der Waals surface area contributed by atoms with Crippen LogP contribution >= 0.6 is 11.6 Å². The SMILES string of the molecule is CON(C)S(=O)(=O)c1ccc(C(=O)Nc2ccccc2Cl)cc1. The summed E-state index contributed by atoms with van der Waals surface area (Å²) >= 11 is 5.98. The molecule has 1 amide bonds. The smallest absolute Gasteiger partial charge is 0.264 e. The number of carbonyl (C=O) groups excluding carboxylic acids is 1. The van der Waals surface area contributed by atoms with E-state index in [2.05, 4.69) is 5.32 Å². The second-order valence-electron chi connectivity index (χ2n) is 4.56. The average molecular weight is 355 g/mol. The highest BCUT2D eigenvalue weighted by Crippen LogP contribution is 2.21. The molecule has 0 fully saturated rings. The largest absolute Gasteiger partial charge is 0.321 e. The summed E-state index contributed by atoms with van der Waals surface area (Å²) in [5.74, 6) is -0.387. The number of halogens is 1. The molecule has 0 saturated carbocycles. The van der Waals surface area contributed by atoms with Gasteiger partial charge in [0, 0.05) is 12.6 Å². The van der Waals surface area contributed by atoms with Gasteiger partial charge >= 0.3 is 0 Å². The first-order valence-electron chi connectivity index (χ1n) is 6.55. The van der Waals surface area contributed by atoms with Gasteiger partial charge < -0.3 is 5.32 Å². The molecular formula is C15H15ClN2O4S. The predicted octanol–water partition coefficient (Wildman–Crippen LogP) is 2.77. The van der Waals surface area contributed by atoms with Crippen LogP contribution in [0.3, 0.4) is 0 Å². The maximum Gasteiger partial charge on any atom is 0.264 e. The van der Waals surface area contributed by atoms with Gasteiger partial charge in [-0.25, -0.2) is 8.42 Å². The van der Waals surface area contributed by atoms with E-state index in [1.165, 1.54) is 38.4 Å². The lowest BCUT2D eigenvalue weighted by atomic mass is 10.2. The standard InChI is InChI=1S/C15H15ClN2O4S/c1-18(22-2)23(20,21)12-9-7-11(8-10-12)15(19)17-14-6-4-3-5-13(14)16/h3-10H,1-2H3,(H,17,19). The molecule has 2 aromatic rings. The Morgan fingerprint density at radius 2 is 1.74 bits per heavy atom. The lowest BCUT2D eigenvalue weighted by molar-refractivity contribution is -0.0258. The summed E-state index contributed by atoms with van der Waals surface area (Å²) in [6.45, 7) is 0. The number of hydrogen-bond acceptors (Lipinski definition) is 4. The van der Waals surface area contributed by atoms with Gasteiger partial charge in [-0.2, -0.15) is 0 Å². The van der Waals surface area contributed by atoms with Crippen LogP contribution in [-0.2, 0) is 14.9 Å². The van der Waals surface area contributed by atoms with E-state index in [0.29, 0.717) is 16.3 Å². The van der Waals surface area contributed by atoms with E-state index in [1.54, 1.807) is 24.3 Å². The van der Waals surface area contributed by atoms with Crippen molar-refractivity contribution in [2.75, 3.05) is 19.5 Å². The Hall–Kier alpha value is -1.93. The third-order valence-electron chi connectivity index (χ3n) is 3.13. The molecule has 0 atom stereocenters. The molecule has 0 saturated heterocycles. The fraction of sp³-hybridized carbons (Fsp3) is 0.133. The number of carbonyl (C=O) groups is 1. The van der Waals surface area contributed by atoms with Crippen molar-refractivity contribution in [3.8, 4) is 0 Å². The molecule has 8 heteroatoms. The van der Waals surface area contributed by atoms with Crippen LogP contribution < -0.4 is 5.32 Å². The summed E-state index contributed by atoms with van der Waals surface area (Å²) in [6.07, 6.45) is 0. The number of rotatable bonds is 5. The minimum absolute atomic E-state index is 0.0242. The Morgan fingerprint density at radius 1 is 1.13 bits per heavy atom. The van der Waals surface area contributed by atoms with Crippen LogP contribution in [0.5, 0.6) is 0 Å². The highest BCUT2D eigenvalue weighted by Gasteiger charge is 2.21. The van der Waals surface area contributed by atoms with Crippen LogP contribution in [-0.4, -0.2) is 33.0 Å². The van der Waals surface area contributed by atoms with Gasteiger partial charge in [-0.3, -0.25) is 9.63 Å². The number of benzene rings is 2. The zero-order valence-corrected chi connectivity index (χ0v) is 14.1. The molecule has 0 aliphatic carbocycles. The van der Waals surface area contributed by atoms with Crippen molar-refractivity contribution >= 4 is 33.2 Å². The number of para-hydroxylation sites is 1. The van der Waals surface area contributed by atoms with E-state index in [0.717, 1.165) is 4.47 Å². The first-order valence-corrected chi connectivity index (χ1v) is 8.37. The lowest BCUT2D eigenvalue weighted by Crippen LogP contribution is -2.25. The molecule has 2 rings (SSSR count). The quantitative estimate of drug-likeness (QED) is 0.838. The summed E-state index contributed by atoms with van der Waals surface area (Å²) in [4.78, 5) is 16.9. The van der Waals surface area contributed by atoms with Crippen LogP contribution in [0.15, 0.2) is 53.4 Å². The molecule has 122 valence electrons. The van der Waals surface area contributed by atoms with Crippen LogP contribution in [0.4, 0.5) is 5.69 Å². The molecule has 23 heavy (non-hydrogen) atoms. The van der Waals surface area contributed by atoms with Crippen LogP contribution in [0.2, 0.25) is 5.02 Å². The van der Waals surface area contributed by atoms with Crippen LogP contribution in [0.25, 0.3) is 0 Å².